The summed E-state index contributed by atoms with van der Waals surface area (Å²) in [6.45, 7) is 1.39. The van der Waals surface area contributed by atoms with Crippen LogP contribution in [0.4, 0.5) is 30.5 Å². The molecule has 5 rings (SSSR count). The molecular weight excluding hydrogens is 579 g/mol. The van der Waals surface area contributed by atoms with Gasteiger partial charge in [-0.2, -0.15) is 13.2 Å². The quantitative estimate of drug-likeness (QED) is 0.219. The average molecular weight is 608 g/mol. The number of amides is 1. The Morgan fingerprint density at radius 1 is 0.860 bits per heavy atom. The van der Waals surface area contributed by atoms with E-state index in [1.807, 2.05) is 6.07 Å². The molecule has 0 aliphatic carbocycles. The topological polar surface area (TPSA) is 113 Å². The first kappa shape index (κ1) is 29.9. The Labute approximate surface area is 247 Å². The molecule has 8 nitrogen and oxygen atoms in total. The highest BCUT2D eigenvalue weighted by Gasteiger charge is 2.31. The predicted octanol–water partition coefficient (Wildman–Crippen LogP) is 6.19. The molecule has 4 aromatic rings. The number of sulfone groups is 1. The van der Waals surface area contributed by atoms with Crippen molar-refractivity contribution in [3.8, 4) is 0 Å². The fourth-order valence-corrected chi connectivity index (χ4v) is 6.35. The van der Waals surface area contributed by atoms with E-state index in [1.165, 1.54) is 12.1 Å². The van der Waals surface area contributed by atoms with Crippen molar-refractivity contribution < 1.29 is 26.4 Å². The van der Waals surface area contributed by atoms with Gasteiger partial charge in [-0.3, -0.25) is 4.79 Å². The highest BCUT2D eigenvalue weighted by molar-refractivity contribution is 7.92. The molecule has 0 unspecified atom stereocenters. The standard InChI is InChI=1S/C31H28F3N5O3S/c32-31(33,34)24-5-2-4-23(18-24)29(40)38-26-6-1-3-21(17-26)7-8-22-19-36-30(37-20-22)39-25-9-11-27(12-10-25)43(41,42)28-13-15-35-16-14-28/h1-12,17-20,28,35H,13-16H2,(H,38,40)(H,36,37,39)/b8-7+. The summed E-state index contributed by atoms with van der Waals surface area (Å²) < 4.78 is 64.7. The molecule has 1 amide bonds. The summed E-state index contributed by atoms with van der Waals surface area (Å²) in [6.07, 6.45) is 3.44. The first-order valence-electron chi connectivity index (χ1n) is 13.5. The fourth-order valence-electron chi connectivity index (χ4n) is 4.60. The first-order chi connectivity index (χ1) is 20.6. The van der Waals surface area contributed by atoms with Gasteiger partial charge in [-0.15, -0.1) is 0 Å². The van der Waals surface area contributed by atoms with Crippen LogP contribution in [0.25, 0.3) is 12.2 Å². The number of hydrogen-bond acceptors (Lipinski definition) is 7. The van der Waals surface area contributed by atoms with E-state index in [4.69, 9.17) is 0 Å². The number of carbonyl (C=O) groups is 1. The molecule has 0 atom stereocenters. The lowest BCUT2D eigenvalue weighted by Crippen LogP contribution is -2.35. The second-order valence-electron chi connectivity index (χ2n) is 9.98. The zero-order chi connectivity index (χ0) is 30.5. The molecule has 1 aliphatic rings. The maximum absolute atomic E-state index is 13.0. The molecule has 12 heteroatoms. The lowest BCUT2D eigenvalue weighted by molar-refractivity contribution is -0.137. The number of piperidine rings is 1. The van der Waals surface area contributed by atoms with Crippen LogP contribution in [0, 0.1) is 0 Å². The van der Waals surface area contributed by atoms with Crippen molar-refractivity contribution in [2.24, 2.45) is 0 Å². The fraction of sp³-hybridized carbons (Fsp3) is 0.194. The number of carbonyl (C=O) groups excluding carboxylic acids is 1. The van der Waals surface area contributed by atoms with Crippen LogP contribution in [0.5, 0.6) is 0 Å². The van der Waals surface area contributed by atoms with E-state index < -0.39 is 27.5 Å². The Bertz CT molecular complexity index is 1720. The third-order valence-corrected chi connectivity index (χ3v) is 9.18. The average Bonchev–Trinajstić information content (AvgIpc) is 3.01. The summed E-state index contributed by atoms with van der Waals surface area (Å²) in [6, 6.07) is 17.6. The number of nitrogens with zero attached hydrogens (tertiary/aromatic N) is 2. The van der Waals surface area contributed by atoms with Crippen LogP contribution in [0.3, 0.4) is 0 Å². The molecule has 1 aromatic heterocycles. The van der Waals surface area contributed by atoms with Crippen LogP contribution < -0.4 is 16.0 Å². The predicted molar refractivity (Wildman–Crippen MR) is 160 cm³/mol. The zero-order valence-electron chi connectivity index (χ0n) is 22.8. The van der Waals surface area contributed by atoms with E-state index in [0.29, 0.717) is 53.7 Å². The first-order valence-corrected chi connectivity index (χ1v) is 15.0. The maximum atomic E-state index is 13.0. The molecule has 43 heavy (non-hydrogen) atoms. The monoisotopic (exact) mass is 607 g/mol. The Morgan fingerprint density at radius 3 is 2.23 bits per heavy atom. The summed E-state index contributed by atoms with van der Waals surface area (Å²) in [5, 5.41) is 8.49. The molecular formula is C31H28F3N5O3S. The number of anilines is 3. The number of nitrogens with one attached hydrogen (secondary N) is 3. The second kappa shape index (κ2) is 12.8. The van der Waals surface area contributed by atoms with Crippen molar-refractivity contribution in [1.29, 1.82) is 0 Å². The van der Waals surface area contributed by atoms with Crippen molar-refractivity contribution in [1.82, 2.24) is 15.3 Å². The number of benzene rings is 3. The molecule has 1 aliphatic heterocycles. The summed E-state index contributed by atoms with van der Waals surface area (Å²) in [5.41, 5.74) is 1.53. The normalized spacial score (nSPS) is 14.5. The Balaban J connectivity index is 1.19. The number of rotatable bonds is 8. The van der Waals surface area contributed by atoms with E-state index in [9.17, 15) is 26.4 Å². The third-order valence-electron chi connectivity index (χ3n) is 6.90. The minimum absolute atomic E-state index is 0.0974. The van der Waals surface area contributed by atoms with Gasteiger partial charge in [0.15, 0.2) is 9.84 Å². The number of aromatic nitrogens is 2. The summed E-state index contributed by atoms with van der Waals surface area (Å²) in [7, 11) is -3.38. The van der Waals surface area contributed by atoms with Crippen LogP contribution in [-0.2, 0) is 16.0 Å². The van der Waals surface area contributed by atoms with Gasteiger partial charge in [0.05, 0.1) is 15.7 Å². The third kappa shape index (κ3) is 7.65. The Kier molecular flexibility index (Phi) is 8.88. The van der Waals surface area contributed by atoms with Crippen molar-refractivity contribution >= 4 is 45.2 Å². The van der Waals surface area contributed by atoms with Gasteiger partial charge in [0.25, 0.3) is 5.91 Å². The van der Waals surface area contributed by atoms with E-state index in [1.54, 1.807) is 67.0 Å². The molecule has 3 N–H and O–H groups in total. The van der Waals surface area contributed by atoms with E-state index in [2.05, 4.69) is 25.9 Å². The smallest absolute Gasteiger partial charge is 0.324 e. The van der Waals surface area contributed by atoms with Crippen molar-refractivity contribution in [3.05, 3.63) is 107 Å². The van der Waals surface area contributed by atoms with Gasteiger partial charge in [-0.25, -0.2) is 18.4 Å². The second-order valence-corrected chi connectivity index (χ2v) is 12.2. The van der Waals surface area contributed by atoms with Crippen molar-refractivity contribution in [2.75, 3.05) is 23.7 Å². The molecule has 3 aromatic carbocycles. The van der Waals surface area contributed by atoms with Gasteiger partial charge in [0.1, 0.15) is 0 Å². The minimum Gasteiger partial charge on any atom is -0.324 e. The van der Waals surface area contributed by atoms with Gasteiger partial charge < -0.3 is 16.0 Å². The van der Waals surface area contributed by atoms with Crippen LogP contribution in [0.2, 0.25) is 0 Å². The molecule has 1 fully saturated rings. The molecule has 2 heterocycles. The van der Waals surface area contributed by atoms with E-state index in [-0.39, 0.29) is 10.8 Å². The number of alkyl halides is 3. The minimum atomic E-state index is -4.54. The van der Waals surface area contributed by atoms with Gasteiger partial charge in [-0.1, -0.05) is 30.4 Å². The molecule has 0 radical (unpaired) electrons. The van der Waals surface area contributed by atoms with E-state index in [0.717, 1.165) is 17.7 Å². The molecule has 0 spiro atoms. The number of hydrogen-bond donors (Lipinski definition) is 3. The molecule has 0 saturated carbocycles. The zero-order valence-corrected chi connectivity index (χ0v) is 23.6. The summed E-state index contributed by atoms with van der Waals surface area (Å²) in [4.78, 5) is 21.4. The number of halogens is 3. The Morgan fingerprint density at radius 2 is 1.53 bits per heavy atom. The molecule has 1 saturated heterocycles. The Hall–Kier alpha value is -4.55. The maximum Gasteiger partial charge on any atom is 0.416 e. The lowest BCUT2D eigenvalue weighted by Gasteiger charge is -2.22. The van der Waals surface area contributed by atoms with Gasteiger partial charge in [0.2, 0.25) is 5.95 Å². The van der Waals surface area contributed by atoms with Crippen LogP contribution >= 0.6 is 0 Å². The van der Waals surface area contributed by atoms with Crippen molar-refractivity contribution in [3.63, 3.8) is 0 Å². The molecule has 0 bridgehead atoms. The highest BCUT2D eigenvalue weighted by Crippen LogP contribution is 2.30. The lowest BCUT2D eigenvalue weighted by atomic mass is 10.1. The van der Waals surface area contributed by atoms with Crippen LogP contribution in [-0.4, -0.2) is 42.6 Å². The molecule has 222 valence electrons. The van der Waals surface area contributed by atoms with E-state index >= 15 is 0 Å². The highest BCUT2D eigenvalue weighted by atomic mass is 32.2. The van der Waals surface area contributed by atoms with Crippen LogP contribution in [0.1, 0.15) is 39.9 Å². The summed E-state index contributed by atoms with van der Waals surface area (Å²) in [5.74, 6) is -0.313. The van der Waals surface area contributed by atoms with Gasteiger partial charge in [0, 0.05) is 34.9 Å². The largest absolute Gasteiger partial charge is 0.416 e. The summed E-state index contributed by atoms with van der Waals surface area (Å²) >= 11 is 0. The van der Waals surface area contributed by atoms with Gasteiger partial charge in [-0.05, 0) is 86.1 Å². The SMILES string of the molecule is O=C(Nc1cccc(/C=C/c2cnc(Nc3ccc(S(=O)(=O)C4CCNCC4)cc3)nc2)c1)c1cccc(C(F)(F)F)c1. The van der Waals surface area contributed by atoms with Gasteiger partial charge >= 0.3 is 6.18 Å². The van der Waals surface area contributed by atoms with Crippen molar-refractivity contribution in [2.45, 2.75) is 29.2 Å². The van der Waals surface area contributed by atoms with Crippen LogP contribution in [0.15, 0.2) is 90.1 Å².